The highest BCUT2D eigenvalue weighted by molar-refractivity contribution is 5.98. The standard InChI is InChI=1S/C18H18FNO4/c1-2-23-16-6-4-3-5-15(16)18(22)20-11-17(21)24-12-13-7-9-14(19)10-8-13/h3-10H,2,11-12H2,1H3,(H,20,22). The van der Waals surface area contributed by atoms with Crippen LogP contribution in [0.4, 0.5) is 4.39 Å². The molecule has 2 rings (SSSR count). The van der Waals surface area contributed by atoms with E-state index in [0.29, 0.717) is 23.5 Å². The molecule has 0 aromatic heterocycles. The second-order valence-electron chi connectivity index (χ2n) is 4.90. The predicted molar refractivity (Wildman–Crippen MR) is 86.1 cm³/mol. The molecule has 2 aromatic rings. The van der Waals surface area contributed by atoms with Crippen LogP contribution >= 0.6 is 0 Å². The number of nitrogens with one attached hydrogen (secondary N) is 1. The number of carbonyl (C=O) groups excluding carboxylic acids is 2. The lowest BCUT2D eigenvalue weighted by molar-refractivity contribution is -0.143. The Morgan fingerprint density at radius 3 is 2.50 bits per heavy atom. The Kier molecular flexibility index (Phi) is 6.31. The van der Waals surface area contributed by atoms with Crippen molar-refractivity contribution in [3.05, 3.63) is 65.5 Å². The van der Waals surface area contributed by atoms with Crippen LogP contribution in [0.3, 0.4) is 0 Å². The van der Waals surface area contributed by atoms with Gasteiger partial charge in [0.2, 0.25) is 0 Å². The van der Waals surface area contributed by atoms with Crippen molar-refractivity contribution in [2.75, 3.05) is 13.2 Å². The van der Waals surface area contributed by atoms with Crippen molar-refractivity contribution in [2.24, 2.45) is 0 Å². The van der Waals surface area contributed by atoms with Crippen LogP contribution < -0.4 is 10.1 Å². The number of esters is 1. The minimum atomic E-state index is -0.582. The Balaban J connectivity index is 1.83. The quantitative estimate of drug-likeness (QED) is 0.792. The summed E-state index contributed by atoms with van der Waals surface area (Å²) in [5.41, 5.74) is 1.02. The fourth-order valence-electron chi connectivity index (χ4n) is 1.98. The summed E-state index contributed by atoms with van der Waals surface area (Å²) in [6.45, 7) is 2.01. The van der Waals surface area contributed by atoms with E-state index in [4.69, 9.17) is 9.47 Å². The zero-order valence-electron chi connectivity index (χ0n) is 13.3. The molecule has 0 spiro atoms. The summed E-state index contributed by atoms with van der Waals surface area (Å²) in [4.78, 5) is 23.8. The van der Waals surface area contributed by atoms with E-state index in [9.17, 15) is 14.0 Å². The third kappa shape index (κ3) is 5.08. The molecule has 1 N–H and O–H groups in total. The van der Waals surface area contributed by atoms with Crippen LogP contribution in [0.25, 0.3) is 0 Å². The predicted octanol–water partition coefficient (Wildman–Crippen LogP) is 2.70. The summed E-state index contributed by atoms with van der Waals surface area (Å²) < 4.78 is 23.2. The van der Waals surface area contributed by atoms with Crippen molar-refractivity contribution in [3.8, 4) is 5.75 Å². The van der Waals surface area contributed by atoms with Crippen LogP contribution in [-0.4, -0.2) is 25.0 Å². The van der Waals surface area contributed by atoms with Crippen LogP contribution in [0.15, 0.2) is 48.5 Å². The number of amides is 1. The zero-order chi connectivity index (χ0) is 17.4. The average Bonchev–Trinajstić information content (AvgIpc) is 2.60. The number of para-hydroxylation sites is 1. The highest BCUT2D eigenvalue weighted by Crippen LogP contribution is 2.17. The van der Waals surface area contributed by atoms with Gasteiger partial charge in [0, 0.05) is 0 Å². The fourth-order valence-corrected chi connectivity index (χ4v) is 1.98. The maximum absolute atomic E-state index is 12.8. The first kappa shape index (κ1) is 17.5. The molecule has 0 aliphatic carbocycles. The van der Waals surface area contributed by atoms with E-state index in [2.05, 4.69) is 5.32 Å². The lowest BCUT2D eigenvalue weighted by Crippen LogP contribution is -2.30. The first-order chi connectivity index (χ1) is 11.6. The van der Waals surface area contributed by atoms with Gasteiger partial charge in [-0.25, -0.2) is 4.39 Å². The van der Waals surface area contributed by atoms with Crippen LogP contribution in [0.2, 0.25) is 0 Å². The van der Waals surface area contributed by atoms with Crippen LogP contribution in [0, 0.1) is 5.82 Å². The number of benzene rings is 2. The normalized spacial score (nSPS) is 10.1. The third-order valence-electron chi connectivity index (χ3n) is 3.14. The summed E-state index contributed by atoms with van der Waals surface area (Å²) in [6.07, 6.45) is 0. The molecule has 6 heteroatoms. The van der Waals surface area contributed by atoms with Crippen LogP contribution in [-0.2, 0) is 16.1 Å². The van der Waals surface area contributed by atoms with E-state index in [0.717, 1.165) is 0 Å². The Labute approximate surface area is 139 Å². The number of hydrogen-bond acceptors (Lipinski definition) is 4. The second-order valence-corrected chi connectivity index (χ2v) is 4.90. The number of hydrogen-bond donors (Lipinski definition) is 1. The Morgan fingerprint density at radius 2 is 1.79 bits per heavy atom. The van der Waals surface area contributed by atoms with E-state index in [1.807, 2.05) is 6.92 Å². The number of carbonyl (C=O) groups is 2. The molecule has 0 aliphatic heterocycles. The molecule has 0 bridgehead atoms. The van der Waals surface area contributed by atoms with E-state index >= 15 is 0 Å². The SMILES string of the molecule is CCOc1ccccc1C(=O)NCC(=O)OCc1ccc(F)cc1. The molecule has 0 atom stereocenters. The molecular weight excluding hydrogens is 313 g/mol. The number of rotatable bonds is 7. The highest BCUT2D eigenvalue weighted by Gasteiger charge is 2.13. The van der Waals surface area contributed by atoms with Gasteiger partial charge >= 0.3 is 5.97 Å². The molecule has 1 amide bonds. The summed E-state index contributed by atoms with van der Waals surface area (Å²) in [5.74, 6) is -0.901. The van der Waals surface area contributed by atoms with Gasteiger partial charge < -0.3 is 14.8 Å². The molecule has 0 saturated carbocycles. The fraction of sp³-hybridized carbons (Fsp3) is 0.222. The van der Waals surface area contributed by atoms with E-state index in [-0.39, 0.29) is 19.0 Å². The Bertz CT molecular complexity index is 700. The maximum Gasteiger partial charge on any atom is 0.325 e. The molecule has 24 heavy (non-hydrogen) atoms. The molecule has 126 valence electrons. The largest absolute Gasteiger partial charge is 0.493 e. The average molecular weight is 331 g/mol. The van der Waals surface area contributed by atoms with Crippen LogP contribution in [0.1, 0.15) is 22.8 Å². The lowest BCUT2D eigenvalue weighted by Gasteiger charge is -2.10. The van der Waals surface area contributed by atoms with Gasteiger partial charge in [-0.1, -0.05) is 24.3 Å². The Hall–Kier alpha value is -2.89. The van der Waals surface area contributed by atoms with Gasteiger partial charge in [-0.05, 0) is 36.8 Å². The van der Waals surface area contributed by atoms with E-state index in [1.165, 1.54) is 24.3 Å². The van der Waals surface area contributed by atoms with Gasteiger partial charge in [-0.2, -0.15) is 0 Å². The van der Waals surface area contributed by atoms with Gasteiger partial charge in [0.05, 0.1) is 12.2 Å². The Morgan fingerprint density at radius 1 is 1.08 bits per heavy atom. The van der Waals surface area contributed by atoms with Gasteiger partial charge in [-0.3, -0.25) is 9.59 Å². The van der Waals surface area contributed by atoms with Gasteiger partial charge in [0.15, 0.2) is 0 Å². The maximum atomic E-state index is 12.8. The minimum Gasteiger partial charge on any atom is -0.493 e. The van der Waals surface area contributed by atoms with E-state index in [1.54, 1.807) is 24.3 Å². The van der Waals surface area contributed by atoms with Gasteiger partial charge in [0.1, 0.15) is 24.7 Å². The topological polar surface area (TPSA) is 64.6 Å². The summed E-state index contributed by atoms with van der Waals surface area (Å²) >= 11 is 0. The molecule has 0 heterocycles. The van der Waals surface area contributed by atoms with Gasteiger partial charge in [-0.15, -0.1) is 0 Å². The van der Waals surface area contributed by atoms with Crippen molar-refractivity contribution < 1.29 is 23.5 Å². The van der Waals surface area contributed by atoms with Crippen molar-refractivity contribution >= 4 is 11.9 Å². The molecular formula is C18H18FNO4. The number of halogens is 1. The smallest absolute Gasteiger partial charge is 0.325 e. The monoisotopic (exact) mass is 331 g/mol. The number of ether oxygens (including phenoxy) is 2. The first-order valence-corrected chi connectivity index (χ1v) is 7.50. The zero-order valence-corrected chi connectivity index (χ0v) is 13.3. The van der Waals surface area contributed by atoms with Crippen molar-refractivity contribution in [1.82, 2.24) is 5.32 Å². The van der Waals surface area contributed by atoms with Crippen molar-refractivity contribution in [3.63, 3.8) is 0 Å². The first-order valence-electron chi connectivity index (χ1n) is 7.50. The lowest BCUT2D eigenvalue weighted by atomic mass is 10.2. The molecule has 0 unspecified atom stereocenters. The van der Waals surface area contributed by atoms with Crippen molar-refractivity contribution in [2.45, 2.75) is 13.5 Å². The second kappa shape index (κ2) is 8.67. The highest BCUT2D eigenvalue weighted by atomic mass is 19.1. The molecule has 0 aliphatic rings. The molecule has 0 radical (unpaired) electrons. The minimum absolute atomic E-state index is 0.0184. The molecule has 0 saturated heterocycles. The summed E-state index contributed by atoms with van der Waals surface area (Å²) in [5, 5.41) is 2.49. The molecule has 2 aromatic carbocycles. The van der Waals surface area contributed by atoms with E-state index < -0.39 is 11.9 Å². The van der Waals surface area contributed by atoms with Gasteiger partial charge in [0.25, 0.3) is 5.91 Å². The third-order valence-corrected chi connectivity index (χ3v) is 3.14. The van der Waals surface area contributed by atoms with Crippen molar-refractivity contribution in [1.29, 1.82) is 0 Å². The molecule has 0 fully saturated rings. The molecule has 5 nitrogen and oxygen atoms in total. The summed E-state index contributed by atoms with van der Waals surface area (Å²) in [7, 11) is 0. The van der Waals surface area contributed by atoms with Crippen LogP contribution in [0.5, 0.6) is 5.75 Å². The summed E-state index contributed by atoms with van der Waals surface area (Å²) in [6, 6.07) is 12.4.